The predicted molar refractivity (Wildman–Crippen MR) is 77.9 cm³/mol. The smallest absolute Gasteiger partial charge is 0.287 e. The third-order valence-corrected chi connectivity index (χ3v) is 4.05. The number of nitrogens with two attached hydrogens (primary N) is 1. The molecule has 1 saturated carbocycles. The minimum atomic E-state index is -0.243. The van der Waals surface area contributed by atoms with Gasteiger partial charge in [-0.1, -0.05) is 11.6 Å². The molecule has 0 spiro atoms. The molecular formula is C13H21ClN4O. The molecule has 5 nitrogen and oxygen atoms in total. The minimum Gasteiger partial charge on any atom is -0.367 e. The molecule has 0 bridgehead atoms. The zero-order chi connectivity index (χ0) is 14.2. The molecule has 1 aliphatic rings. The first-order chi connectivity index (χ1) is 8.97. The number of likely N-dealkylation sites (N-methyl/N-ethyl adjacent to an activating group) is 1. The molecule has 0 aliphatic heterocycles. The van der Waals surface area contributed by atoms with Crippen molar-refractivity contribution in [2.24, 2.45) is 11.7 Å². The second kappa shape index (κ2) is 5.51. The Balaban J connectivity index is 2.34. The monoisotopic (exact) mass is 284 g/mol. The van der Waals surface area contributed by atoms with E-state index in [9.17, 15) is 4.79 Å². The number of rotatable bonds is 5. The van der Waals surface area contributed by atoms with Crippen molar-refractivity contribution in [2.45, 2.75) is 38.8 Å². The van der Waals surface area contributed by atoms with Crippen molar-refractivity contribution < 1.29 is 0 Å². The van der Waals surface area contributed by atoms with Gasteiger partial charge in [0.2, 0.25) is 0 Å². The van der Waals surface area contributed by atoms with Crippen LogP contribution in [0.1, 0.15) is 32.7 Å². The molecule has 2 N–H and O–H groups in total. The van der Waals surface area contributed by atoms with Crippen molar-refractivity contribution in [3.8, 4) is 0 Å². The van der Waals surface area contributed by atoms with Crippen LogP contribution in [0.2, 0.25) is 5.02 Å². The summed E-state index contributed by atoms with van der Waals surface area (Å²) < 4.78 is 1.40. The highest BCUT2D eigenvalue weighted by Crippen LogP contribution is 2.36. The van der Waals surface area contributed by atoms with Gasteiger partial charge in [0.05, 0.1) is 17.9 Å². The van der Waals surface area contributed by atoms with Crippen LogP contribution in [0.25, 0.3) is 0 Å². The van der Waals surface area contributed by atoms with Crippen LogP contribution in [0.4, 0.5) is 5.69 Å². The van der Waals surface area contributed by atoms with E-state index in [0.29, 0.717) is 18.2 Å². The summed E-state index contributed by atoms with van der Waals surface area (Å²) in [6, 6.07) is 0.228. The van der Waals surface area contributed by atoms with Gasteiger partial charge < -0.3 is 10.6 Å². The van der Waals surface area contributed by atoms with Gasteiger partial charge in [-0.25, -0.2) is 4.68 Å². The highest BCUT2D eigenvalue weighted by molar-refractivity contribution is 6.33. The van der Waals surface area contributed by atoms with Crippen LogP contribution in [0.3, 0.4) is 0 Å². The number of nitrogens with zero attached hydrogens (tertiary/aromatic N) is 3. The highest BCUT2D eigenvalue weighted by Gasteiger charge is 2.34. The van der Waals surface area contributed by atoms with Crippen LogP contribution in [0.15, 0.2) is 11.0 Å². The van der Waals surface area contributed by atoms with Gasteiger partial charge in [0.15, 0.2) is 0 Å². The zero-order valence-electron chi connectivity index (χ0n) is 11.6. The lowest BCUT2D eigenvalue weighted by atomic mass is 10.1. The molecule has 0 radical (unpaired) electrons. The van der Waals surface area contributed by atoms with Crippen LogP contribution >= 0.6 is 11.6 Å². The van der Waals surface area contributed by atoms with Crippen LogP contribution in [-0.4, -0.2) is 29.4 Å². The van der Waals surface area contributed by atoms with Gasteiger partial charge in [-0.2, -0.15) is 5.10 Å². The van der Waals surface area contributed by atoms with Crippen molar-refractivity contribution in [2.75, 3.05) is 18.5 Å². The Morgan fingerprint density at radius 1 is 1.58 bits per heavy atom. The molecular weight excluding hydrogens is 264 g/mol. The molecule has 0 amide bonds. The Morgan fingerprint density at radius 3 is 2.68 bits per heavy atom. The quantitative estimate of drug-likeness (QED) is 0.893. The standard InChI is InChI=1S/C13H21ClN4O/c1-8(2)18-13(19)12(14)11(7-16-18)17(3)10(6-15)9-4-5-9/h7-10H,4-6,15H2,1-3H3. The van der Waals surface area contributed by atoms with Gasteiger partial charge in [0, 0.05) is 19.6 Å². The van der Waals surface area contributed by atoms with Crippen LogP contribution in [0.5, 0.6) is 0 Å². The summed E-state index contributed by atoms with van der Waals surface area (Å²) in [4.78, 5) is 14.1. The van der Waals surface area contributed by atoms with Gasteiger partial charge >= 0.3 is 0 Å². The van der Waals surface area contributed by atoms with Crippen molar-refractivity contribution >= 4 is 17.3 Å². The SMILES string of the molecule is CC(C)n1ncc(N(C)C(CN)C2CC2)c(Cl)c1=O. The van der Waals surface area contributed by atoms with E-state index in [1.54, 1.807) is 6.20 Å². The third-order valence-electron chi connectivity index (χ3n) is 3.70. The first kappa shape index (κ1) is 14.3. The van der Waals surface area contributed by atoms with Gasteiger partial charge in [-0.05, 0) is 32.6 Å². The fourth-order valence-electron chi connectivity index (χ4n) is 2.38. The van der Waals surface area contributed by atoms with E-state index >= 15 is 0 Å². The number of anilines is 1. The van der Waals surface area contributed by atoms with Gasteiger partial charge in [-0.3, -0.25) is 4.79 Å². The molecule has 1 aromatic rings. The van der Waals surface area contributed by atoms with E-state index in [1.165, 1.54) is 17.5 Å². The van der Waals surface area contributed by atoms with Crippen molar-refractivity contribution in [1.29, 1.82) is 0 Å². The largest absolute Gasteiger partial charge is 0.367 e. The molecule has 1 aromatic heterocycles. The fraction of sp³-hybridized carbons (Fsp3) is 0.692. The molecule has 6 heteroatoms. The van der Waals surface area contributed by atoms with Crippen LogP contribution < -0.4 is 16.2 Å². The average molecular weight is 285 g/mol. The van der Waals surface area contributed by atoms with Crippen LogP contribution in [0, 0.1) is 5.92 Å². The number of hydrogen-bond donors (Lipinski definition) is 1. The maximum atomic E-state index is 12.1. The maximum Gasteiger partial charge on any atom is 0.287 e. The molecule has 19 heavy (non-hydrogen) atoms. The molecule has 1 aliphatic carbocycles. The predicted octanol–water partition coefficient (Wildman–Crippen LogP) is 1.65. The number of hydrogen-bond acceptors (Lipinski definition) is 4. The summed E-state index contributed by atoms with van der Waals surface area (Å²) in [5, 5.41) is 4.42. The second-order valence-electron chi connectivity index (χ2n) is 5.44. The minimum absolute atomic E-state index is 0.00177. The van der Waals surface area contributed by atoms with Crippen LogP contribution in [-0.2, 0) is 0 Å². The number of aromatic nitrogens is 2. The Hall–Kier alpha value is -1.07. The summed E-state index contributed by atoms with van der Waals surface area (Å²) >= 11 is 6.21. The summed E-state index contributed by atoms with van der Waals surface area (Å²) in [7, 11) is 1.93. The van der Waals surface area contributed by atoms with Gasteiger partial charge in [0.25, 0.3) is 5.56 Å². The van der Waals surface area contributed by atoms with Crippen molar-refractivity contribution in [1.82, 2.24) is 9.78 Å². The van der Waals surface area contributed by atoms with E-state index < -0.39 is 0 Å². The van der Waals surface area contributed by atoms with Gasteiger partial charge in [-0.15, -0.1) is 0 Å². The Kier molecular flexibility index (Phi) is 4.16. The summed E-state index contributed by atoms with van der Waals surface area (Å²) in [6.07, 6.45) is 4.05. The normalized spacial score (nSPS) is 16.7. The molecule has 1 atom stereocenters. The fourth-order valence-corrected chi connectivity index (χ4v) is 2.65. The lowest BCUT2D eigenvalue weighted by Gasteiger charge is -2.29. The first-order valence-electron chi connectivity index (χ1n) is 6.67. The summed E-state index contributed by atoms with van der Waals surface area (Å²) in [5.41, 5.74) is 6.26. The molecule has 1 unspecified atom stereocenters. The topological polar surface area (TPSA) is 64.2 Å². The Bertz CT molecular complexity index is 510. The lowest BCUT2D eigenvalue weighted by molar-refractivity contribution is 0.499. The zero-order valence-corrected chi connectivity index (χ0v) is 12.4. The van der Waals surface area contributed by atoms with E-state index in [-0.39, 0.29) is 22.7 Å². The van der Waals surface area contributed by atoms with E-state index in [2.05, 4.69) is 5.10 Å². The lowest BCUT2D eigenvalue weighted by Crippen LogP contribution is -2.41. The molecule has 1 fully saturated rings. The van der Waals surface area contributed by atoms with E-state index in [1.807, 2.05) is 25.8 Å². The Labute approximate surface area is 118 Å². The molecule has 0 saturated heterocycles. The van der Waals surface area contributed by atoms with Gasteiger partial charge in [0.1, 0.15) is 5.02 Å². The summed E-state index contributed by atoms with van der Waals surface area (Å²) in [6.45, 7) is 4.37. The van der Waals surface area contributed by atoms with E-state index in [0.717, 1.165) is 0 Å². The molecule has 0 aromatic carbocycles. The molecule has 1 heterocycles. The summed E-state index contributed by atoms with van der Waals surface area (Å²) in [5.74, 6) is 0.610. The molecule has 2 rings (SSSR count). The number of halogens is 1. The second-order valence-corrected chi connectivity index (χ2v) is 5.82. The third kappa shape index (κ3) is 2.77. The maximum absolute atomic E-state index is 12.1. The Morgan fingerprint density at radius 2 is 2.21 bits per heavy atom. The average Bonchev–Trinajstić information content (AvgIpc) is 3.17. The van der Waals surface area contributed by atoms with Crippen molar-refractivity contribution in [3.63, 3.8) is 0 Å². The molecule has 106 valence electrons. The van der Waals surface area contributed by atoms with Crippen molar-refractivity contribution in [3.05, 3.63) is 21.6 Å². The highest BCUT2D eigenvalue weighted by atomic mass is 35.5. The van der Waals surface area contributed by atoms with E-state index in [4.69, 9.17) is 17.3 Å². The first-order valence-corrected chi connectivity index (χ1v) is 7.05.